The monoisotopic (exact) mass is 314 g/mol. The zero-order valence-corrected chi connectivity index (χ0v) is 12.9. The normalized spacial score (nSPS) is 23.6. The van der Waals surface area contributed by atoms with Crippen molar-refractivity contribution in [2.24, 2.45) is 18.9 Å². The summed E-state index contributed by atoms with van der Waals surface area (Å²) in [6.07, 6.45) is 6.98. The third kappa shape index (κ3) is 2.39. The maximum atomic E-state index is 12.6. The first kappa shape index (κ1) is 14.0. The molecule has 8 heteroatoms. The molecule has 0 bridgehead atoms. The van der Waals surface area contributed by atoms with Gasteiger partial charge in [-0.05, 0) is 6.07 Å². The highest BCUT2D eigenvalue weighted by atomic mass is 16.2. The lowest BCUT2D eigenvalue weighted by Crippen LogP contribution is -2.37. The van der Waals surface area contributed by atoms with Crippen LogP contribution < -0.4 is 4.90 Å². The summed E-state index contributed by atoms with van der Waals surface area (Å²) in [5.74, 6) is 0.210. The van der Waals surface area contributed by atoms with Gasteiger partial charge >= 0.3 is 0 Å². The van der Waals surface area contributed by atoms with E-state index in [0.717, 1.165) is 5.69 Å². The van der Waals surface area contributed by atoms with E-state index < -0.39 is 0 Å². The highest BCUT2D eigenvalue weighted by Crippen LogP contribution is 2.34. The fourth-order valence-electron chi connectivity index (χ4n) is 3.48. The van der Waals surface area contributed by atoms with Gasteiger partial charge in [-0.1, -0.05) is 0 Å². The average molecular weight is 314 g/mol. The van der Waals surface area contributed by atoms with Crippen LogP contribution in [0.15, 0.2) is 30.9 Å². The first-order valence-corrected chi connectivity index (χ1v) is 7.67. The minimum absolute atomic E-state index is 0.0174. The van der Waals surface area contributed by atoms with Crippen LogP contribution in [0.4, 0.5) is 5.69 Å². The number of hydrogen-bond donors (Lipinski definition) is 0. The molecule has 0 N–H and O–H groups in total. The minimum Gasteiger partial charge on any atom is -0.340 e. The number of hydrogen-bond acceptors (Lipinski definition) is 4. The number of aromatic nitrogens is 4. The molecule has 0 saturated carbocycles. The van der Waals surface area contributed by atoms with Crippen molar-refractivity contribution in [2.45, 2.75) is 6.54 Å². The van der Waals surface area contributed by atoms with Crippen molar-refractivity contribution < 1.29 is 9.59 Å². The number of nitrogens with zero attached hydrogens (tertiary/aromatic N) is 6. The maximum absolute atomic E-state index is 12.6. The summed E-state index contributed by atoms with van der Waals surface area (Å²) in [7, 11) is 1.83. The summed E-state index contributed by atoms with van der Waals surface area (Å²) in [5.41, 5.74) is 0.835. The molecule has 4 rings (SSSR count). The number of amides is 2. The van der Waals surface area contributed by atoms with E-state index >= 15 is 0 Å². The van der Waals surface area contributed by atoms with Gasteiger partial charge in [0.15, 0.2) is 0 Å². The molecule has 2 amide bonds. The lowest BCUT2D eigenvalue weighted by Gasteiger charge is -2.21. The van der Waals surface area contributed by atoms with Gasteiger partial charge in [-0.15, -0.1) is 0 Å². The van der Waals surface area contributed by atoms with Crippen LogP contribution in [0.25, 0.3) is 0 Å². The largest absolute Gasteiger partial charge is 0.340 e. The Morgan fingerprint density at radius 1 is 1.30 bits per heavy atom. The van der Waals surface area contributed by atoms with E-state index in [1.165, 1.54) is 0 Å². The standard InChI is InChI=1S/C15H18N6O2/c1-18-8-12(5-17-18)21-7-11-6-19(9-13(11)15(21)23)14(22)10-20-4-2-3-16-20/h2-5,8,11,13H,6-7,9-10H2,1H3/t11-,13-/m1/s1. The van der Waals surface area contributed by atoms with Crippen molar-refractivity contribution >= 4 is 17.5 Å². The van der Waals surface area contributed by atoms with E-state index in [0.29, 0.717) is 19.6 Å². The third-order valence-corrected chi connectivity index (χ3v) is 4.65. The van der Waals surface area contributed by atoms with Crippen LogP contribution in [0.5, 0.6) is 0 Å². The second kappa shape index (κ2) is 5.22. The quantitative estimate of drug-likeness (QED) is 0.782. The summed E-state index contributed by atoms with van der Waals surface area (Å²) < 4.78 is 3.30. The average Bonchev–Trinajstić information content (AvgIpc) is 3.25. The van der Waals surface area contributed by atoms with Gasteiger partial charge in [-0.2, -0.15) is 10.2 Å². The zero-order valence-electron chi connectivity index (χ0n) is 12.9. The van der Waals surface area contributed by atoms with Gasteiger partial charge in [-0.3, -0.25) is 19.0 Å². The van der Waals surface area contributed by atoms with E-state index in [4.69, 9.17) is 0 Å². The minimum atomic E-state index is -0.100. The summed E-state index contributed by atoms with van der Waals surface area (Å²) >= 11 is 0. The number of rotatable bonds is 3. The van der Waals surface area contributed by atoms with Crippen molar-refractivity contribution in [1.29, 1.82) is 0 Å². The summed E-state index contributed by atoms with van der Waals surface area (Å²) in [6.45, 7) is 2.02. The molecule has 2 atom stereocenters. The van der Waals surface area contributed by atoms with E-state index in [-0.39, 0.29) is 30.2 Å². The molecule has 0 spiro atoms. The Morgan fingerprint density at radius 2 is 2.17 bits per heavy atom. The Bertz CT molecular complexity index is 737. The molecule has 0 aromatic carbocycles. The highest BCUT2D eigenvalue weighted by molar-refractivity contribution is 5.98. The fourth-order valence-corrected chi connectivity index (χ4v) is 3.48. The number of carbonyl (C=O) groups excluding carboxylic acids is 2. The number of fused-ring (bicyclic) bond motifs is 1. The Kier molecular flexibility index (Phi) is 3.17. The van der Waals surface area contributed by atoms with Crippen LogP contribution in [-0.4, -0.2) is 55.9 Å². The Balaban J connectivity index is 1.42. The first-order valence-electron chi connectivity index (χ1n) is 7.67. The van der Waals surface area contributed by atoms with Crippen molar-refractivity contribution in [3.05, 3.63) is 30.9 Å². The molecule has 2 fully saturated rings. The lowest BCUT2D eigenvalue weighted by atomic mass is 10.0. The van der Waals surface area contributed by atoms with E-state index in [2.05, 4.69) is 10.2 Å². The van der Waals surface area contributed by atoms with Gasteiger partial charge in [-0.25, -0.2) is 0 Å². The number of aryl methyl sites for hydroxylation is 1. The molecule has 2 aliphatic heterocycles. The number of carbonyl (C=O) groups is 2. The molecule has 120 valence electrons. The van der Waals surface area contributed by atoms with E-state index in [9.17, 15) is 9.59 Å². The second-order valence-electron chi connectivity index (χ2n) is 6.19. The Labute approximate surface area is 133 Å². The summed E-state index contributed by atoms with van der Waals surface area (Å²) in [4.78, 5) is 28.5. The van der Waals surface area contributed by atoms with E-state index in [1.807, 2.05) is 13.2 Å². The number of likely N-dealkylation sites (tertiary alicyclic amines) is 1. The van der Waals surface area contributed by atoms with Crippen LogP contribution in [0.1, 0.15) is 0 Å². The molecule has 0 aliphatic carbocycles. The summed E-state index contributed by atoms with van der Waals surface area (Å²) in [5, 5.41) is 8.18. The topological polar surface area (TPSA) is 76.3 Å². The molecule has 2 aliphatic rings. The van der Waals surface area contributed by atoms with Crippen LogP contribution in [0.3, 0.4) is 0 Å². The van der Waals surface area contributed by atoms with Crippen LogP contribution in [0.2, 0.25) is 0 Å². The summed E-state index contributed by atoms with van der Waals surface area (Å²) in [6, 6.07) is 1.79. The van der Waals surface area contributed by atoms with Crippen molar-refractivity contribution in [3.63, 3.8) is 0 Å². The third-order valence-electron chi connectivity index (χ3n) is 4.65. The molecule has 2 aromatic heterocycles. The molecule has 8 nitrogen and oxygen atoms in total. The molecule has 4 heterocycles. The Hall–Kier alpha value is -2.64. The van der Waals surface area contributed by atoms with Crippen LogP contribution in [0, 0.1) is 11.8 Å². The maximum Gasteiger partial charge on any atom is 0.244 e. The van der Waals surface area contributed by atoms with Gasteiger partial charge < -0.3 is 9.80 Å². The molecule has 23 heavy (non-hydrogen) atoms. The predicted octanol–water partition coefficient (Wildman–Crippen LogP) is -0.262. The van der Waals surface area contributed by atoms with E-state index in [1.54, 1.807) is 43.8 Å². The van der Waals surface area contributed by atoms with Crippen LogP contribution >= 0.6 is 0 Å². The first-order chi connectivity index (χ1) is 11.1. The molecule has 2 aromatic rings. The van der Waals surface area contributed by atoms with Gasteiger partial charge in [0.25, 0.3) is 0 Å². The highest BCUT2D eigenvalue weighted by Gasteiger charge is 2.47. The number of anilines is 1. The van der Waals surface area contributed by atoms with Crippen molar-refractivity contribution in [1.82, 2.24) is 24.5 Å². The van der Waals surface area contributed by atoms with Gasteiger partial charge in [0.2, 0.25) is 11.8 Å². The van der Waals surface area contributed by atoms with Crippen molar-refractivity contribution in [2.75, 3.05) is 24.5 Å². The van der Waals surface area contributed by atoms with Crippen molar-refractivity contribution in [3.8, 4) is 0 Å². The molecular weight excluding hydrogens is 296 g/mol. The van der Waals surface area contributed by atoms with Gasteiger partial charge in [0.05, 0.1) is 17.8 Å². The molecule has 0 unspecified atom stereocenters. The molecule has 0 radical (unpaired) electrons. The molecule has 2 saturated heterocycles. The van der Waals surface area contributed by atoms with Gasteiger partial charge in [0, 0.05) is 51.2 Å². The SMILES string of the molecule is Cn1cc(N2C[C@H]3CN(C(=O)Cn4cccn4)C[C@H]3C2=O)cn1. The van der Waals surface area contributed by atoms with Gasteiger partial charge in [0.1, 0.15) is 6.54 Å². The zero-order chi connectivity index (χ0) is 16.0. The molecular formula is C15H18N6O2. The fraction of sp³-hybridized carbons (Fsp3) is 0.467. The smallest absolute Gasteiger partial charge is 0.244 e. The predicted molar refractivity (Wildman–Crippen MR) is 81.3 cm³/mol. The second-order valence-corrected chi connectivity index (χ2v) is 6.19. The van der Waals surface area contributed by atoms with Crippen LogP contribution in [-0.2, 0) is 23.2 Å². The lowest BCUT2D eigenvalue weighted by molar-refractivity contribution is -0.131. The Morgan fingerprint density at radius 3 is 2.83 bits per heavy atom.